The number of hydrogen-bond donors (Lipinski definition) is 2. The number of allylic oxidation sites excluding steroid dienone is 1. The van der Waals surface area contributed by atoms with E-state index < -0.39 is 18.4 Å². The number of aromatic hydroxyl groups is 1. The molecule has 2 rings (SSSR count). The van der Waals surface area contributed by atoms with Gasteiger partial charge >= 0.3 is 5.97 Å². The van der Waals surface area contributed by atoms with E-state index in [0.717, 1.165) is 16.7 Å². The van der Waals surface area contributed by atoms with Crippen molar-refractivity contribution in [3.05, 3.63) is 34.7 Å². The number of carboxylic acid groups (broad SMARTS) is 1. The molecular formula is C13H11NO4S2. The van der Waals surface area contributed by atoms with E-state index in [-0.39, 0.29) is 10.1 Å². The molecule has 0 unspecified atom stereocenters. The van der Waals surface area contributed by atoms with Gasteiger partial charge in [0, 0.05) is 0 Å². The zero-order valence-electron chi connectivity index (χ0n) is 10.5. The van der Waals surface area contributed by atoms with Gasteiger partial charge in [0.05, 0.1) is 4.91 Å². The Morgan fingerprint density at radius 3 is 2.75 bits per heavy atom. The number of benzene rings is 1. The van der Waals surface area contributed by atoms with Crippen molar-refractivity contribution in [2.24, 2.45) is 0 Å². The van der Waals surface area contributed by atoms with E-state index in [2.05, 4.69) is 0 Å². The van der Waals surface area contributed by atoms with Gasteiger partial charge in [-0.15, -0.1) is 0 Å². The normalized spacial score (nSPS) is 17.6. The lowest BCUT2D eigenvalue weighted by atomic mass is 10.1. The molecule has 104 valence electrons. The van der Waals surface area contributed by atoms with Crippen LogP contribution in [0.4, 0.5) is 0 Å². The Morgan fingerprint density at radius 1 is 1.45 bits per heavy atom. The average Bonchev–Trinajstić information content (AvgIpc) is 2.65. The molecule has 2 N–H and O–H groups in total. The molecule has 0 radical (unpaired) electrons. The van der Waals surface area contributed by atoms with Gasteiger partial charge in [-0.1, -0.05) is 36.1 Å². The van der Waals surface area contributed by atoms with Gasteiger partial charge in [-0.3, -0.25) is 14.5 Å². The Morgan fingerprint density at radius 2 is 2.15 bits per heavy atom. The molecule has 7 heteroatoms. The number of carbonyl (C=O) groups is 2. The predicted molar refractivity (Wildman–Crippen MR) is 80.2 cm³/mol. The largest absolute Gasteiger partial charge is 0.508 e. The molecule has 0 aromatic heterocycles. The van der Waals surface area contributed by atoms with Gasteiger partial charge in [0.2, 0.25) is 0 Å². The number of aliphatic carboxylic acids is 1. The second-order valence-corrected chi connectivity index (χ2v) is 5.80. The van der Waals surface area contributed by atoms with Crippen molar-refractivity contribution in [3.63, 3.8) is 0 Å². The van der Waals surface area contributed by atoms with Crippen molar-refractivity contribution in [2.75, 3.05) is 6.54 Å². The summed E-state index contributed by atoms with van der Waals surface area (Å²) in [7, 11) is 0. The van der Waals surface area contributed by atoms with Crippen molar-refractivity contribution >= 4 is 45.7 Å². The zero-order chi connectivity index (χ0) is 14.9. The molecule has 0 spiro atoms. The number of carbonyl (C=O) groups excluding carboxylic acids is 1. The average molecular weight is 309 g/mol. The number of phenols is 1. The van der Waals surface area contributed by atoms with Crippen molar-refractivity contribution < 1.29 is 19.8 Å². The molecule has 1 saturated heterocycles. The third kappa shape index (κ3) is 2.83. The highest BCUT2D eigenvalue weighted by Crippen LogP contribution is 2.36. The van der Waals surface area contributed by atoms with Crippen molar-refractivity contribution in [1.82, 2.24) is 4.90 Å². The Labute approximate surface area is 124 Å². The van der Waals surface area contributed by atoms with Crippen LogP contribution in [0.1, 0.15) is 12.5 Å². The second kappa shape index (κ2) is 5.64. The Balaban J connectivity index is 2.38. The minimum absolute atomic E-state index is 0.0999. The predicted octanol–water partition coefficient (Wildman–Crippen LogP) is 2.07. The first kappa shape index (κ1) is 14.5. The van der Waals surface area contributed by atoms with Gasteiger partial charge in [-0.05, 0) is 30.2 Å². The lowest BCUT2D eigenvalue weighted by molar-refractivity contribution is -0.140. The number of carboxylic acids is 1. The quantitative estimate of drug-likeness (QED) is 0.657. The highest BCUT2D eigenvalue weighted by molar-refractivity contribution is 8.26. The fraction of sp³-hybridized carbons (Fsp3) is 0.154. The molecule has 20 heavy (non-hydrogen) atoms. The topological polar surface area (TPSA) is 77.8 Å². The number of thiocarbonyl (C=S) groups is 1. The molecule has 0 bridgehead atoms. The van der Waals surface area contributed by atoms with E-state index in [1.165, 1.54) is 6.07 Å². The molecule has 0 aliphatic carbocycles. The molecule has 1 aromatic rings. The number of nitrogens with zero attached hydrogens (tertiary/aromatic N) is 1. The smallest absolute Gasteiger partial charge is 0.323 e. The molecule has 1 amide bonds. The molecule has 5 nitrogen and oxygen atoms in total. The summed E-state index contributed by atoms with van der Waals surface area (Å²) in [6.07, 6.45) is 0. The summed E-state index contributed by atoms with van der Waals surface area (Å²) in [5.74, 6) is -1.43. The lowest BCUT2D eigenvalue weighted by Crippen LogP contribution is -2.33. The summed E-state index contributed by atoms with van der Waals surface area (Å²) < 4.78 is 0.229. The summed E-state index contributed by atoms with van der Waals surface area (Å²) in [5.41, 5.74) is 1.35. The van der Waals surface area contributed by atoms with E-state index in [1.807, 2.05) is 0 Å². The van der Waals surface area contributed by atoms with Crippen LogP contribution in [0.15, 0.2) is 29.2 Å². The summed E-state index contributed by atoms with van der Waals surface area (Å²) in [4.78, 5) is 24.4. The monoisotopic (exact) mass is 309 g/mol. The summed E-state index contributed by atoms with van der Waals surface area (Å²) in [6.45, 7) is 1.30. The molecular weight excluding hydrogens is 298 g/mol. The van der Waals surface area contributed by atoms with Crippen LogP contribution in [-0.2, 0) is 9.59 Å². The van der Waals surface area contributed by atoms with Gasteiger partial charge < -0.3 is 10.2 Å². The fourth-order valence-electron chi connectivity index (χ4n) is 1.77. The number of thioether (sulfide) groups is 1. The van der Waals surface area contributed by atoms with E-state index in [1.54, 1.807) is 25.1 Å². The van der Waals surface area contributed by atoms with Gasteiger partial charge in [0.25, 0.3) is 5.91 Å². The van der Waals surface area contributed by atoms with Crippen LogP contribution in [0.3, 0.4) is 0 Å². The highest BCUT2D eigenvalue weighted by atomic mass is 32.2. The first-order valence-corrected chi connectivity index (χ1v) is 6.88. The number of phenolic OH excluding ortho intramolecular Hbond substituents is 1. The Kier molecular flexibility index (Phi) is 4.10. The van der Waals surface area contributed by atoms with Crippen LogP contribution in [0, 0.1) is 0 Å². The SMILES string of the molecule is C/C(=C1\SC(=S)N(CC(=O)O)C1=O)c1cccc(O)c1. The van der Waals surface area contributed by atoms with Crippen LogP contribution in [-0.4, -0.2) is 37.9 Å². The first-order valence-electron chi connectivity index (χ1n) is 5.66. The molecule has 0 atom stereocenters. The van der Waals surface area contributed by atoms with E-state index in [0.29, 0.717) is 16.0 Å². The van der Waals surface area contributed by atoms with Crippen LogP contribution in [0.5, 0.6) is 5.75 Å². The van der Waals surface area contributed by atoms with Crippen LogP contribution >= 0.6 is 24.0 Å². The molecule has 1 aliphatic heterocycles. The summed E-state index contributed by atoms with van der Waals surface area (Å²) in [5, 5.41) is 18.2. The second-order valence-electron chi connectivity index (χ2n) is 4.16. The molecule has 1 fully saturated rings. The van der Waals surface area contributed by atoms with Crippen LogP contribution in [0.2, 0.25) is 0 Å². The summed E-state index contributed by atoms with van der Waals surface area (Å²) in [6, 6.07) is 6.51. The number of hydrogen-bond acceptors (Lipinski definition) is 5. The Bertz CT molecular complexity index is 639. The minimum atomic E-state index is -1.11. The summed E-state index contributed by atoms with van der Waals surface area (Å²) >= 11 is 6.10. The third-order valence-electron chi connectivity index (χ3n) is 2.76. The molecule has 1 aromatic carbocycles. The maximum absolute atomic E-state index is 12.2. The number of rotatable bonds is 3. The fourth-order valence-corrected chi connectivity index (χ4v) is 3.07. The van der Waals surface area contributed by atoms with Crippen molar-refractivity contribution in [1.29, 1.82) is 0 Å². The lowest BCUT2D eigenvalue weighted by Gasteiger charge is -2.10. The minimum Gasteiger partial charge on any atom is -0.508 e. The van der Waals surface area contributed by atoms with Gasteiger partial charge in [0.1, 0.15) is 16.6 Å². The van der Waals surface area contributed by atoms with Crippen molar-refractivity contribution in [2.45, 2.75) is 6.92 Å². The van der Waals surface area contributed by atoms with Crippen LogP contribution in [0.25, 0.3) is 5.57 Å². The number of amides is 1. The standard InChI is InChI=1S/C13H11NO4S2/c1-7(8-3-2-4-9(15)5-8)11-12(18)14(6-10(16)17)13(19)20-11/h2-5,15H,6H2,1H3,(H,16,17)/b11-7+. The highest BCUT2D eigenvalue weighted by Gasteiger charge is 2.34. The van der Waals surface area contributed by atoms with Gasteiger partial charge in [-0.25, -0.2) is 0 Å². The maximum Gasteiger partial charge on any atom is 0.323 e. The zero-order valence-corrected chi connectivity index (χ0v) is 12.1. The van der Waals surface area contributed by atoms with Crippen molar-refractivity contribution in [3.8, 4) is 5.75 Å². The van der Waals surface area contributed by atoms with Crippen LogP contribution < -0.4 is 0 Å². The maximum atomic E-state index is 12.2. The molecule has 1 heterocycles. The van der Waals surface area contributed by atoms with E-state index in [9.17, 15) is 14.7 Å². The third-order valence-corrected chi connectivity index (χ3v) is 4.31. The molecule has 1 aliphatic rings. The van der Waals surface area contributed by atoms with Gasteiger partial charge in [0.15, 0.2) is 0 Å². The van der Waals surface area contributed by atoms with E-state index >= 15 is 0 Å². The van der Waals surface area contributed by atoms with E-state index in [4.69, 9.17) is 17.3 Å². The molecule has 0 saturated carbocycles. The Hall–Kier alpha value is -1.86. The van der Waals surface area contributed by atoms with Gasteiger partial charge in [-0.2, -0.15) is 0 Å². The first-order chi connectivity index (χ1) is 9.40.